The third kappa shape index (κ3) is 3.83. The van der Waals surface area contributed by atoms with Crippen molar-refractivity contribution >= 4 is 38.3 Å². The summed E-state index contributed by atoms with van der Waals surface area (Å²) in [6, 6.07) is 5.19. The second kappa shape index (κ2) is 5.89. The summed E-state index contributed by atoms with van der Waals surface area (Å²) in [4.78, 5) is 15.6. The molecule has 1 heterocycles. The topological polar surface area (TPSA) is 77.2 Å². The minimum absolute atomic E-state index is 0.381. The van der Waals surface area contributed by atoms with E-state index < -0.39 is 25.5 Å². The van der Waals surface area contributed by atoms with E-state index >= 15 is 0 Å². The second-order valence-electron chi connectivity index (χ2n) is 3.70. The number of nitrogens with zero attached hydrogens (tertiary/aromatic N) is 1. The van der Waals surface area contributed by atoms with Gasteiger partial charge in [-0.05, 0) is 18.2 Å². The molecule has 1 amide bonds. The van der Waals surface area contributed by atoms with E-state index in [1.165, 1.54) is 11.3 Å². The highest BCUT2D eigenvalue weighted by Gasteiger charge is 2.09. The zero-order valence-electron chi connectivity index (χ0n) is 9.73. The summed E-state index contributed by atoms with van der Waals surface area (Å²) in [7, 11) is 0. The minimum Gasteiger partial charge on any atom is -0.399 e. The highest BCUT2D eigenvalue weighted by atomic mass is 32.1. The Morgan fingerprint density at radius 3 is 3.05 bits per heavy atom. The highest BCUT2D eigenvalue weighted by Crippen LogP contribution is 2.27. The van der Waals surface area contributed by atoms with Gasteiger partial charge in [-0.15, -0.1) is 0 Å². The summed E-state index contributed by atoms with van der Waals surface area (Å²) < 4.78 is 29.0. The fourth-order valence-electron chi connectivity index (χ4n) is 1.39. The first-order valence-electron chi connectivity index (χ1n) is 5.36. The zero-order valence-corrected chi connectivity index (χ0v) is 10.5. The van der Waals surface area contributed by atoms with Crippen LogP contribution in [0.5, 0.6) is 0 Å². The van der Waals surface area contributed by atoms with Gasteiger partial charge in [-0.2, -0.15) is 0 Å². The molecule has 0 saturated carbocycles. The van der Waals surface area contributed by atoms with Crippen LogP contribution in [0.3, 0.4) is 0 Å². The fraction of sp³-hybridized carbons (Fsp3) is 0.273. The Morgan fingerprint density at radius 2 is 2.32 bits per heavy atom. The molecule has 0 spiro atoms. The number of aromatic nitrogens is 1. The van der Waals surface area contributed by atoms with E-state index in [0.29, 0.717) is 16.3 Å². The molecule has 0 unspecified atom stereocenters. The first kappa shape index (κ1) is 13.6. The van der Waals surface area contributed by atoms with Gasteiger partial charge < -0.3 is 10.5 Å². The number of ether oxygens (including phenoxy) is 1. The lowest BCUT2D eigenvalue weighted by Gasteiger charge is -2.02. The number of hydrogen-bond donors (Lipinski definition) is 2. The molecule has 2 rings (SSSR count). The van der Waals surface area contributed by atoms with Gasteiger partial charge in [0, 0.05) is 5.69 Å². The number of fused-ring (bicyclic) bond motifs is 1. The number of carbonyl (C=O) groups excluding carboxylic acids is 1. The average Bonchev–Trinajstić information content (AvgIpc) is 2.69. The van der Waals surface area contributed by atoms with Crippen LogP contribution in [0, 0.1) is 0 Å². The Kier molecular flexibility index (Phi) is 4.23. The Bertz CT molecular complexity index is 588. The van der Waals surface area contributed by atoms with Gasteiger partial charge in [-0.1, -0.05) is 11.3 Å². The molecule has 2 aromatic rings. The number of carbonyl (C=O) groups is 1. The lowest BCUT2D eigenvalue weighted by atomic mass is 10.3. The summed E-state index contributed by atoms with van der Waals surface area (Å²) in [5.74, 6) is -0.521. The van der Waals surface area contributed by atoms with E-state index in [1.807, 2.05) is 0 Å². The molecule has 0 radical (unpaired) electrons. The molecule has 0 atom stereocenters. The van der Waals surface area contributed by atoms with Crippen LogP contribution in [0.4, 0.5) is 19.6 Å². The van der Waals surface area contributed by atoms with Crippen molar-refractivity contribution in [2.45, 2.75) is 6.43 Å². The molecule has 8 heteroatoms. The molecule has 0 aliphatic carbocycles. The van der Waals surface area contributed by atoms with E-state index in [1.54, 1.807) is 18.2 Å². The van der Waals surface area contributed by atoms with Gasteiger partial charge in [0.2, 0.25) is 0 Å². The quantitative estimate of drug-likeness (QED) is 0.826. The van der Waals surface area contributed by atoms with Crippen molar-refractivity contribution in [2.24, 2.45) is 0 Å². The van der Waals surface area contributed by atoms with Crippen LogP contribution in [0.25, 0.3) is 10.2 Å². The predicted octanol–water partition coefficient (Wildman–Crippen LogP) is 2.10. The lowest BCUT2D eigenvalue weighted by Crippen LogP contribution is -2.20. The molecular weight excluding hydrogens is 276 g/mol. The van der Waals surface area contributed by atoms with Gasteiger partial charge >= 0.3 is 0 Å². The Balaban J connectivity index is 1.95. The van der Waals surface area contributed by atoms with Gasteiger partial charge in [-0.25, -0.2) is 13.8 Å². The maximum absolute atomic E-state index is 11.8. The van der Waals surface area contributed by atoms with Crippen molar-refractivity contribution in [3.63, 3.8) is 0 Å². The fourth-order valence-corrected chi connectivity index (χ4v) is 2.32. The van der Waals surface area contributed by atoms with Crippen LogP contribution >= 0.6 is 11.3 Å². The Hall–Kier alpha value is -1.80. The lowest BCUT2D eigenvalue weighted by molar-refractivity contribution is -0.121. The van der Waals surface area contributed by atoms with Crippen molar-refractivity contribution in [1.82, 2.24) is 4.98 Å². The van der Waals surface area contributed by atoms with Crippen molar-refractivity contribution in [2.75, 3.05) is 24.3 Å². The normalized spacial score (nSPS) is 11.1. The molecule has 5 nitrogen and oxygen atoms in total. The summed E-state index contributed by atoms with van der Waals surface area (Å²) in [5, 5.41) is 2.86. The van der Waals surface area contributed by atoms with Crippen LogP contribution in [-0.2, 0) is 9.53 Å². The number of amides is 1. The molecule has 0 fully saturated rings. The van der Waals surface area contributed by atoms with Crippen LogP contribution < -0.4 is 11.1 Å². The van der Waals surface area contributed by atoms with Gasteiger partial charge in [0.1, 0.15) is 13.2 Å². The number of anilines is 2. The first-order chi connectivity index (χ1) is 9.04. The van der Waals surface area contributed by atoms with Gasteiger partial charge in [0.05, 0.1) is 10.2 Å². The van der Waals surface area contributed by atoms with Crippen LogP contribution in [0.2, 0.25) is 0 Å². The summed E-state index contributed by atoms with van der Waals surface area (Å²) in [6.07, 6.45) is -2.58. The van der Waals surface area contributed by atoms with Crippen molar-refractivity contribution in [3.8, 4) is 0 Å². The summed E-state index contributed by atoms with van der Waals surface area (Å²) >= 11 is 1.25. The smallest absolute Gasteiger partial charge is 0.261 e. The SMILES string of the molecule is Nc1ccc2nc(NC(=O)COCC(F)F)sc2c1. The third-order valence-corrected chi connectivity index (χ3v) is 3.07. The van der Waals surface area contributed by atoms with E-state index in [0.717, 1.165) is 4.70 Å². The van der Waals surface area contributed by atoms with E-state index in [2.05, 4.69) is 15.0 Å². The number of thiazole rings is 1. The number of benzene rings is 1. The number of rotatable bonds is 5. The van der Waals surface area contributed by atoms with Crippen molar-refractivity contribution in [3.05, 3.63) is 18.2 Å². The van der Waals surface area contributed by atoms with E-state index in [9.17, 15) is 13.6 Å². The number of alkyl halides is 2. The molecule has 19 heavy (non-hydrogen) atoms. The maximum atomic E-state index is 11.8. The number of nitrogen functional groups attached to an aromatic ring is 1. The Labute approximate surface area is 111 Å². The number of nitrogens with two attached hydrogens (primary N) is 1. The molecular formula is C11H11F2N3O2S. The van der Waals surface area contributed by atoms with Gasteiger partial charge in [0.15, 0.2) is 5.13 Å². The second-order valence-corrected chi connectivity index (χ2v) is 4.73. The number of nitrogens with one attached hydrogen (secondary N) is 1. The van der Waals surface area contributed by atoms with Crippen LogP contribution in [-0.4, -0.2) is 30.5 Å². The van der Waals surface area contributed by atoms with E-state index in [4.69, 9.17) is 5.73 Å². The molecule has 0 aliphatic heterocycles. The van der Waals surface area contributed by atoms with Gasteiger partial charge in [-0.3, -0.25) is 10.1 Å². The standard InChI is InChI=1S/C11H11F2N3O2S/c12-9(13)4-18-5-10(17)16-11-15-7-2-1-6(14)3-8(7)19-11/h1-3,9H,4-5,14H2,(H,15,16,17). The van der Waals surface area contributed by atoms with Crippen molar-refractivity contribution in [1.29, 1.82) is 0 Å². The average molecular weight is 287 g/mol. The maximum Gasteiger partial charge on any atom is 0.261 e. The number of halogens is 2. The molecule has 1 aromatic heterocycles. The van der Waals surface area contributed by atoms with Crippen LogP contribution in [0.15, 0.2) is 18.2 Å². The molecule has 3 N–H and O–H groups in total. The summed E-state index contributed by atoms with van der Waals surface area (Å²) in [6.45, 7) is -1.19. The molecule has 102 valence electrons. The largest absolute Gasteiger partial charge is 0.399 e. The third-order valence-electron chi connectivity index (χ3n) is 2.14. The van der Waals surface area contributed by atoms with Gasteiger partial charge in [0.25, 0.3) is 12.3 Å². The molecule has 0 aliphatic rings. The zero-order chi connectivity index (χ0) is 13.8. The molecule has 1 aromatic carbocycles. The Morgan fingerprint density at radius 1 is 1.53 bits per heavy atom. The molecule has 0 bridgehead atoms. The monoisotopic (exact) mass is 287 g/mol. The predicted molar refractivity (Wildman–Crippen MR) is 69.5 cm³/mol. The molecule has 0 saturated heterocycles. The van der Waals surface area contributed by atoms with Crippen LogP contribution in [0.1, 0.15) is 0 Å². The van der Waals surface area contributed by atoms with E-state index in [-0.39, 0.29) is 0 Å². The first-order valence-corrected chi connectivity index (χ1v) is 6.18. The number of hydrogen-bond acceptors (Lipinski definition) is 5. The summed E-state index contributed by atoms with van der Waals surface area (Å²) in [5.41, 5.74) is 6.95. The highest BCUT2D eigenvalue weighted by molar-refractivity contribution is 7.22. The minimum atomic E-state index is -2.58. The van der Waals surface area contributed by atoms with Crippen molar-refractivity contribution < 1.29 is 18.3 Å².